The molecule has 0 atom stereocenters. The molecular weight excluding hydrogens is 197 g/mol. The first-order valence-electron chi connectivity index (χ1n) is 4.85. The van der Waals surface area contributed by atoms with Gasteiger partial charge in [-0.1, -0.05) is 0 Å². The van der Waals surface area contributed by atoms with Gasteiger partial charge in [0, 0.05) is 12.0 Å². The Kier molecular flexibility index (Phi) is 2.58. The zero-order valence-electron chi connectivity index (χ0n) is 8.42. The number of hydrogen-bond donors (Lipinski definition) is 1. The Morgan fingerprint density at radius 1 is 1.53 bits per heavy atom. The maximum Gasteiger partial charge on any atom is 0.227 e. The molecule has 80 valence electrons. The molecule has 0 bridgehead atoms. The first-order chi connectivity index (χ1) is 7.20. The monoisotopic (exact) mass is 209 g/mol. The maximum absolute atomic E-state index is 13.3. The summed E-state index contributed by atoms with van der Waals surface area (Å²) in [5, 5.41) is 2.55. The molecule has 0 heterocycles. The lowest BCUT2D eigenvalue weighted by atomic mass is 10.2. The molecule has 0 aliphatic heterocycles. The number of carbonyl (C=O) groups excluding carboxylic acids is 1. The van der Waals surface area contributed by atoms with E-state index in [0.29, 0.717) is 5.75 Å². The van der Waals surface area contributed by atoms with Crippen LogP contribution in [0.2, 0.25) is 0 Å². The van der Waals surface area contributed by atoms with Crippen LogP contribution in [-0.4, -0.2) is 13.0 Å². The predicted molar refractivity (Wildman–Crippen MR) is 54.3 cm³/mol. The fourth-order valence-electron chi connectivity index (χ4n) is 1.31. The molecular formula is C11H12FNO2. The number of methoxy groups -OCH3 is 1. The molecule has 0 saturated heterocycles. The van der Waals surface area contributed by atoms with Gasteiger partial charge < -0.3 is 10.1 Å². The van der Waals surface area contributed by atoms with Crippen LogP contribution in [0.15, 0.2) is 18.2 Å². The van der Waals surface area contributed by atoms with Gasteiger partial charge in [-0.15, -0.1) is 0 Å². The predicted octanol–water partition coefficient (Wildman–Crippen LogP) is 2.18. The molecule has 4 heteroatoms. The van der Waals surface area contributed by atoms with E-state index >= 15 is 0 Å². The van der Waals surface area contributed by atoms with Gasteiger partial charge >= 0.3 is 0 Å². The summed E-state index contributed by atoms with van der Waals surface area (Å²) in [7, 11) is 1.50. The van der Waals surface area contributed by atoms with Crippen LogP contribution in [0.25, 0.3) is 0 Å². The quantitative estimate of drug-likeness (QED) is 0.828. The molecule has 2 rings (SSSR count). The van der Waals surface area contributed by atoms with E-state index in [-0.39, 0.29) is 17.5 Å². The molecule has 1 aliphatic rings. The van der Waals surface area contributed by atoms with E-state index in [9.17, 15) is 9.18 Å². The fourth-order valence-corrected chi connectivity index (χ4v) is 1.31. The lowest BCUT2D eigenvalue weighted by molar-refractivity contribution is -0.117. The Morgan fingerprint density at radius 2 is 2.27 bits per heavy atom. The van der Waals surface area contributed by atoms with Crippen LogP contribution in [-0.2, 0) is 4.79 Å². The highest BCUT2D eigenvalue weighted by molar-refractivity contribution is 5.94. The van der Waals surface area contributed by atoms with Gasteiger partial charge in [0.25, 0.3) is 0 Å². The van der Waals surface area contributed by atoms with Crippen molar-refractivity contribution >= 4 is 11.6 Å². The largest absolute Gasteiger partial charge is 0.497 e. The van der Waals surface area contributed by atoms with Gasteiger partial charge in [0.15, 0.2) is 0 Å². The van der Waals surface area contributed by atoms with Crippen LogP contribution in [0.4, 0.5) is 10.1 Å². The summed E-state index contributed by atoms with van der Waals surface area (Å²) >= 11 is 0. The Hall–Kier alpha value is -1.58. The van der Waals surface area contributed by atoms with Crippen molar-refractivity contribution in [2.75, 3.05) is 12.4 Å². The molecule has 1 aliphatic carbocycles. The van der Waals surface area contributed by atoms with E-state index in [0.717, 1.165) is 12.8 Å². The van der Waals surface area contributed by atoms with Crippen molar-refractivity contribution in [1.29, 1.82) is 0 Å². The van der Waals surface area contributed by atoms with E-state index in [1.807, 2.05) is 0 Å². The van der Waals surface area contributed by atoms with Crippen molar-refractivity contribution in [1.82, 2.24) is 0 Å². The van der Waals surface area contributed by atoms with Gasteiger partial charge in [0.05, 0.1) is 12.8 Å². The first kappa shape index (κ1) is 9.96. The molecule has 15 heavy (non-hydrogen) atoms. The topological polar surface area (TPSA) is 38.3 Å². The number of hydrogen-bond acceptors (Lipinski definition) is 2. The summed E-state index contributed by atoms with van der Waals surface area (Å²) in [6.07, 6.45) is 1.80. The van der Waals surface area contributed by atoms with Crippen LogP contribution in [0.3, 0.4) is 0 Å². The second-order valence-corrected chi connectivity index (χ2v) is 3.61. The lowest BCUT2D eigenvalue weighted by Gasteiger charge is -2.07. The summed E-state index contributed by atoms with van der Waals surface area (Å²) in [5.74, 6) is 0.0463. The van der Waals surface area contributed by atoms with Crippen molar-refractivity contribution in [2.45, 2.75) is 12.8 Å². The van der Waals surface area contributed by atoms with Crippen molar-refractivity contribution in [3.63, 3.8) is 0 Å². The Balaban J connectivity index is 2.14. The summed E-state index contributed by atoms with van der Waals surface area (Å²) in [6, 6.07) is 4.28. The van der Waals surface area contributed by atoms with Gasteiger partial charge in [-0.25, -0.2) is 4.39 Å². The van der Waals surface area contributed by atoms with Crippen molar-refractivity contribution in [3.8, 4) is 5.75 Å². The third kappa shape index (κ3) is 2.26. The molecule has 0 spiro atoms. The van der Waals surface area contributed by atoms with Crippen molar-refractivity contribution in [3.05, 3.63) is 24.0 Å². The molecule has 1 fully saturated rings. The number of amides is 1. The number of ether oxygens (including phenoxy) is 1. The molecule has 1 saturated carbocycles. The molecule has 1 aromatic rings. The van der Waals surface area contributed by atoms with E-state index in [1.54, 1.807) is 0 Å². The summed E-state index contributed by atoms with van der Waals surface area (Å²) in [6.45, 7) is 0. The smallest absolute Gasteiger partial charge is 0.227 e. The van der Waals surface area contributed by atoms with Gasteiger partial charge in [0.1, 0.15) is 11.6 Å². The van der Waals surface area contributed by atoms with Gasteiger partial charge in [-0.3, -0.25) is 4.79 Å². The SMILES string of the molecule is COc1ccc(F)c(NC(=O)C2CC2)c1. The number of halogens is 1. The van der Waals surface area contributed by atoms with E-state index in [1.165, 1.54) is 25.3 Å². The van der Waals surface area contributed by atoms with Crippen LogP contribution in [0.5, 0.6) is 5.75 Å². The fraction of sp³-hybridized carbons (Fsp3) is 0.364. The van der Waals surface area contributed by atoms with Crippen molar-refractivity contribution < 1.29 is 13.9 Å². The number of nitrogens with one attached hydrogen (secondary N) is 1. The van der Waals surface area contributed by atoms with Crippen LogP contribution >= 0.6 is 0 Å². The van der Waals surface area contributed by atoms with Crippen molar-refractivity contribution in [2.24, 2.45) is 5.92 Å². The number of carbonyl (C=O) groups is 1. The number of anilines is 1. The Morgan fingerprint density at radius 3 is 2.87 bits per heavy atom. The van der Waals surface area contributed by atoms with E-state index in [2.05, 4.69) is 5.32 Å². The molecule has 0 unspecified atom stereocenters. The second-order valence-electron chi connectivity index (χ2n) is 3.61. The van der Waals surface area contributed by atoms with Gasteiger partial charge in [-0.2, -0.15) is 0 Å². The molecule has 1 amide bonds. The maximum atomic E-state index is 13.3. The average Bonchev–Trinajstić information content (AvgIpc) is 3.04. The van der Waals surface area contributed by atoms with Crippen LogP contribution < -0.4 is 10.1 Å². The second kappa shape index (κ2) is 3.88. The molecule has 0 radical (unpaired) electrons. The van der Waals surface area contributed by atoms with E-state index < -0.39 is 5.82 Å². The molecule has 1 aromatic carbocycles. The van der Waals surface area contributed by atoms with Gasteiger partial charge in [-0.05, 0) is 25.0 Å². The number of rotatable bonds is 3. The molecule has 1 N–H and O–H groups in total. The zero-order chi connectivity index (χ0) is 10.8. The van der Waals surface area contributed by atoms with Gasteiger partial charge in [0.2, 0.25) is 5.91 Å². The third-order valence-electron chi connectivity index (χ3n) is 2.38. The Bertz CT molecular complexity index is 388. The number of benzene rings is 1. The Labute approximate surface area is 87.2 Å². The summed E-state index contributed by atoms with van der Waals surface area (Å²) in [5.41, 5.74) is 0.186. The summed E-state index contributed by atoms with van der Waals surface area (Å²) in [4.78, 5) is 11.4. The molecule has 0 aromatic heterocycles. The van der Waals surface area contributed by atoms with Crippen LogP contribution in [0, 0.1) is 11.7 Å². The minimum absolute atomic E-state index is 0.0654. The average molecular weight is 209 g/mol. The minimum atomic E-state index is -0.440. The highest BCUT2D eigenvalue weighted by Crippen LogP contribution is 2.31. The van der Waals surface area contributed by atoms with E-state index in [4.69, 9.17) is 4.74 Å². The lowest BCUT2D eigenvalue weighted by Crippen LogP contribution is -2.14. The first-order valence-corrected chi connectivity index (χ1v) is 4.85. The zero-order valence-corrected chi connectivity index (χ0v) is 8.42. The molecule has 3 nitrogen and oxygen atoms in total. The highest BCUT2D eigenvalue weighted by atomic mass is 19.1. The third-order valence-corrected chi connectivity index (χ3v) is 2.38. The summed E-state index contributed by atoms with van der Waals surface area (Å²) < 4.78 is 18.2. The standard InChI is InChI=1S/C11H12FNO2/c1-15-8-4-5-9(12)10(6-8)13-11(14)7-2-3-7/h4-7H,2-3H2,1H3,(H,13,14). The van der Waals surface area contributed by atoms with Crippen LogP contribution in [0.1, 0.15) is 12.8 Å². The minimum Gasteiger partial charge on any atom is -0.497 e. The normalized spacial score (nSPS) is 14.8. The highest BCUT2D eigenvalue weighted by Gasteiger charge is 2.30.